The predicted octanol–water partition coefficient (Wildman–Crippen LogP) is 3.10. The molecule has 0 radical (unpaired) electrons. The molecule has 1 aliphatic rings. The molecule has 0 amide bonds. The highest BCUT2D eigenvalue weighted by Gasteiger charge is 2.11. The van der Waals surface area contributed by atoms with E-state index < -0.39 is 0 Å². The maximum absolute atomic E-state index is 5.43. The number of guanidine groups is 1. The van der Waals surface area contributed by atoms with Crippen molar-refractivity contribution >= 4 is 11.6 Å². The third-order valence-electron chi connectivity index (χ3n) is 5.88. The van der Waals surface area contributed by atoms with E-state index in [2.05, 4.69) is 94.0 Å². The van der Waals surface area contributed by atoms with Crippen LogP contribution in [0, 0.1) is 0 Å². The van der Waals surface area contributed by atoms with E-state index in [4.69, 9.17) is 4.74 Å². The van der Waals surface area contributed by atoms with Crippen LogP contribution in [-0.4, -0.2) is 63.8 Å². The molecule has 2 aromatic carbocycles. The molecule has 6 heteroatoms. The van der Waals surface area contributed by atoms with Gasteiger partial charge in [0.25, 0.3) is 0 Å². The summed E-state index contributed by atoms with van der Waals surface area (Å²) >= 11 is 0. The van der Waals surface area contributed by atoms with Gasteiger partial charge >= 0.3 is 0 Å². The van der Waals surface area contributed by atoms with Gasteiger partial charge in [0.15, 0.2) is 5.96 Å². The molecule has 0 saturated carbocycles. The highest BCUT2D eigenvalue weighted by atomic mass is 16.5. The van der Waals surface area contributed by atoms with Gasteiger partial charge in [-0.1, -0.05) is 42.5 Å². The van der Waals surface area contributed by atoms with Crippen LogP contribution in [-0.2, 0) is 17.8 Å². The van der Waals surface area contributed by atoms with Crippen LogP contribution in [0.2, 0.25) is 0 Å². The van der Waals surface area contributed by atoms with Crippen LogP contribution in [0.25, 0.3) is 0 Å². The van der Waals surface area contributed by atoms with E-state index >= 15 is 0 Å². The average Bonchev–Trinajstić information content (AvgIpc) is 2.82. The zero-order chi connectivity index (χ0) is 21.9. The fourth-order valence-electron chi connectivity index (χ4n) is 3.70. The van der Waals surface area contributed by atoms with Gasteiger partial charge in [-0.3, -0.25) is 9.89 Å². The molecule has 31 heavy (non-hydrogen) atoms. The number of nitrogens with zero attached hydrogens (tertiary/aromatic N) is 3. The Morgan fingerprint density at radius 2 is 1.74 bits per heavy atom. The number of morpholine rings is 1. The maximum Gasteiger partial charge on any atom is 0.191 e. The number of rotatable bonds is 9. The maximum atomic E-state index is 5.43. The first kappa shape index (κ1) is 23.1. The van der Waals surface area contributed by atoms with Crippen LogP contribution in [0.5, 0.6) is 0 Å². The predicted molar refractivity (Wildman–Crippen MR) is 130 cm³/mol. The monoisotopic (exact) mass is 423 g/mol. The van der Waals surface area contributed by atoms with Crippen molar-refractivity contribution < 1.29 is 4.74 Å². The largest absolute Gasteiger partial charge is 0.378 e. The Bertz CT molecular complexity index is 787. The Kier molecular flexibility index (Phi) is 9.18. The van der Waals surface area contributed by atoms with Gasteiger partial charge in [0.1, 0.15) is 0 Å². The fraction of sp³-hybridized carbons (Fsp3) is 0.480. The zero-order valence-corrected chi connectivity index (χ0v) is 19.2. The van der Waals surface area contributed by atoms with Gasteiger partial charge in [-0.15, -0.1) is 0 Å². The summed E-state index contributed by atoms with van der Waals surface area (Å²) in [7, 11) is 4.01. The quantitative estimate of drug-likeness (QED) is 0.480. The Morgan fingerprint density at radius 1 is 1.03 bits per heavy atom. The van der Waals surface area contributed by atoms with Crippen molar-refractivity contribution in [3.05, 3.63) is 65.7 Å². The average molecular weight is 424 g/mol. The van der Waals surface area contributed by atoms with E-state index in [9.17, 15) is 0 Å². The Morgan fingerprint density at radius 3 is 2.42 bits per heavy atom. The third kappa shape index (κ3) is 7.56. The van der Waals surface area contributed by atoms with E-state index in [0.29, 0.717) is 6.04 Å². The topological polar surface area (TPSA) is 52.1 Å². The minimum absolute atomic E-state index is 0.485. The van der Waals surface area contributed by atoms with E-state index in [-0.39, 0.29) is 0 Å². The molecule has 0 bridgehead atoms. The second-order valence-electron chi connectivity index (χ2n) is 8.16. The van der Waals surface area contributed by atoms with Crippen LogP contribution in [0.15, 0.2) is 59.6 Å². The molecule has 2 N–H and O–H groups in total. The second-order valence-corrected chi connectivity index (χ2v) is 8.16. The van der Waals surface area contributed by atoms with Crippen LogP contribution in [0.1, 0.15) is 24.5 Å². The van der Waals surface area contributed by atoms with Crippen molar-refractivity contribution in [3.8, 4) is 0 Å². The van der Waals surface area contributed by atoms with Crippen molar-refractivity contribution in [2.45, 2.75) is 32.5 Å². The molecule has 0 aromatic heterocycles. The van der Waals surface area contributed by atoms with E-state index in [0.717, 1.165) is 58.3 Å². The highest BCUT2D eigenvalue weighted by Crippen LogP contribution is 2.16. The van der Waals surface area contributed by atoms with Gasteiger partial charge in [0, 0.05) is 51.5 Å². The van der Waals surface area contributed by atoms with E-state index in [1.54, 1.807) is 0 Å². The van der Waals surface area contributed by atoms with Gasteiger partial charge in [0.2, 0.25) is 0 Å². The second kappa shape index (κ2) is 12.3. The smallest absolute Gasteiger partial charge is 0.191 e. The summed E-state index contributed by atoms with van der Waals surface area (Å²) < 4.78 is 5.43. The lowest BCUT2D eigenvalue weighted by Crippen LogP contribution is -2.39. The van der Waals surface area contributed by atoms with Gasteiger partial charge in [-0.2, -0.15) is 0 Å². The van der Waals surface area contributed by atoms with Crippen molar-refractivity contribution in [3.63, 3.8) is 0 Å². The normalized spacial score (nSPS) is 15.7. The SMILES string of the molecule is CN=C(NCCC(C)N(C)Cc1ccccc1)NCc1ccc(N2CCOCC2)cc1. The van der Waals surface area contributed by atoms with E-state index in [1.165, 1.54) is 16.8 Å². The number of hydrogen-bond donors (Lipinski definition) is 2. The number of hydrogen-bond acceptors (Lipinski definition) is 4. The summed E-state index contributed by atoms with van der Waals surface area (Å²) in [4.78, 5) is 9.13. The molecule has 1 saturated heterocycles. The number of anilines is 1. The first-order valence-corrected chi connectivity index (χ1v) is 11.3. The molecule has 168 valence electrons. The van der Waals surface area contributed by atoms with Gasteiger partial charge in [0.05, 0.1) is 13.2 Å². The Labute approximate surface area is 187 Å². The minimum atomic E-state index is 0.485. The first-order chi connectivity index (χ1) is 15.2. The van der Waals surface area contributed by atoms with Gasteiger partial charge in [-0.05, 0) is 43.7 Å². The number of ether oxygens (including phenoxy) is 1. The van der Waals surface area contributed by atoms with Gasteiger partial charge in [-0.25, -0.2) is 0 Å². The van der Waals surface area contributed by atoms with Crippen molar-refractivity contribution in [1.82, 2.24) is 15.5 Å². The summed E-state index contributed by atoms with van der Waals surface area (Å²) in [5, 5.41) is 6.86. The number of benzene rings is 2. The molecule has 2 aromatic rings. The van der Waals surface area contributed by atoms with Crippen molar-refractivity contribution in [1.29, 1.82) is 0 Å². The molecule has 1 unspecified atom stereocenters. The highest BCUT2D eigenvalue weighted by molar-refractivity contribution is 5.79. The molecule has 1 fully saturated rings. The Hall–Kier alpha value is -2.57. The number of aliphatic imine (C=N–C) groups is 1. The first-order valence-electron chi connectivity index (χ1n) is 11.3. The van der Waals surface area contributed by atoms with Crippen LogP contribution < -0.4 is 15.5 Å². The minimum Gasteiger partial charge on any atom is -0.378 e. The van der Waals surface area contributed by atoms with E-state index in [1.807, 2.05) is 7.05 Å². The summed E-state index contributed by atoms with van der Waals surface area (Å²) in [5.41, 5.74) is 3.86. The molecule has 0 spiro atoms. The molecular formula is C25H37N5O. The Balaban J connectivity index is 1.37. The number of nitrogens with one attached hydrogen (secondary N) is 2. The van der Waals surface area contributed by atoms with Crippen LogP contribution in [0.4, 0.5) is 5.69 Å². The van der Waals surface area contributed by atoms with Gasteiger partial charge < -0.3 is 20.3 Å². The standard InChI is InChI=1S/C25H37N5O/c1-21(29(3)20-23-7-5-4-6-8-23)13-14-27-25(26-2)28-19-22-9-11-24(12-10-22)30-15-17-31-18-16-30/h4-12,21H,13-20H2,1-3H3,(H2,26,27,28). The zero-order valence-electron chi connectivity index (χ0n) is 19.2. The van der Waals surface area contributed by atoms with Crippen molar-refractivity contribution in [2.75, 3.05) is 51.8 Å². The lowest BCUT2D eigenvalue weighted by Gasteiger charge is -2.29. The summed E-state index contributed by atoms with van der Waals surface area (Å²) in [6, 6.07) is 19.9. The molecule has 1 atom stereocenters. The fourth-order valence-corrected chi connectivity index (χ4v) is 3.70. The summed E-state index contributed by atoms with van der Waals surface area (Å²) in [5.74, 6) is 0.843. The third-order valence-corrected chi connectivity index (χ3v) is 5.88. The molecule has 1 heterocycles. The summed E-state index contributed by atoms with van der Waals surface area (Å²) in [6.07, 6.45) is 1.05. The van der Waals surface area contributed by atoms with Crippen LogP contribution in [0.3, 0.4) is 0 Å². The molecule has 3 rings (SSSR count). The molecule has 6 nitrogen and oxygen atoms in total. The molecular weight excluding hydrogens is 386 g/mol. The molecule has 1 aliphatic heterocycles. The lowest BCUT2D eigenvalue weighted by molar-refractivity contribution is 0.122. The molecule has 0 aliphatic carbocycles. The van der Waals surface area contributed by atoms with Crippen molar-refractivity contribution in [2.24, 2.45) is 4.99 Å². The lowest BCUT2D eigenvalue weighted by atomic mass is 10.1. The summed E-state index contributed by atoms with van der Waals surface area (Å²) in [6.45, 7) is 8.44. The van der Waals surface area contributed by atoms with Crippen LogP contribution >= 0.6 is 0 Å².